The number of anilines is 1. The van der Waals surface area contributed by atoms with Gasteiger partial charge in [0, 0.05) is 29.5 Å². The van der Waals surface area contributed by atoms with Gasteiger partial charge in [-0.2, -0.15) is 0 Å². The van der Waals surface area contributed by atoms with E-state index in [1.165, 1.54) is 17.7 Å². The molecule has 0 bridgehead atoms. The van der Waals surface area contributed by atoms with Gasteiger partial charge in [-0.25, -0.2) is 4.39 Å². The molecule has 0 N–H and O–H groups in total. The quantitative estimate of drug-likeness (QED) is 0.394. The van der Waals surface area contributed by atoms with Gasteiger partial charge in [0.25, 0.3) is 0 Å². The fraction of sp³-hybridized carbons (Fsp3) is 0.333. The van der Waals surface area contributed by atoms with Crippen LogP contribution >= 0.6 is 23.5 Å². The molecule has 0 unspecified atom stereocenters. The Morgan fingerprint density at radius 1 is 0.897 bits per heavy atom. The molecule has 0 atom stereocenters. The van der Waals surface area contributed by atoms with E-state index in [0.29, 0.717) is 0 Å². The maximum atomic E-state index is 13.0. The van der Waals surface area contributed by atoms with E-state index in [0.717, 1.165) is 60.4 Å². The second kappa shape index (κ2) is 10.1. The Labute approximate surface area is 178 Å². The van der Waals surface area contributed by atoms with Crippen LogP contribution in [0.3, 0.4) is 0 Å². The van der Waals surface area contributed by atoms with Crippen molar-refractivity contribution in [2.75, 3.05) is 42.7 Å². The van der Waals surface area contributed by atoms with Crippen molar-refractivity contribution in [3.63, 3.8) is 0 Å². The van der Waals surface area contributed by atoms with E-state index in [9.17, 15) is 4.39 Å². The molecule has 8 heteroatoms. The van der Waals surface area contributed by atoms with Crippen molar-refractivity contribution in [3.05, 3.63) is 66.0 Å². The number of ether oxygens (including phenoxy) is 1. The van der Waals surface area contributed by atoms with Crippen molar-refractivity contribution in [3.8, 4) is 0 Å². The van der Waals surface area contributed by atoms with Gasteiger partial charge in [-0.05, 0) is 29.8 Å². The minimum atomic E-state index is -0.201. The van der Waals surface area contributed by atoms with Crippen LogP contribution in [-0.4, -0.2) is 52.6 Å². The molecule has 0 saturated carbocycles. The summed E-state index contributed by atoms with van der Waals surface area (Å²) in [5, 5.41) is 9.90. The average molecular weight is 431 g/mol. The number of benzene rings is 2. The molecule has 152 valence electrons. The Balaban J connectivity index is 1.43. The van der Waals surface area contributed by atoms with Gasteiger partial charge in [0.1, 0.15) is 5.82 Å². The first-order valence-electron chi connectivity index (χ1n) is 9.60. The van der Waals surface area contributed by atoms with E-state index in [-0.39, 0.29) is 5.82 Å². The molecule has 4 rings (SSSR count). The first-order chi connectivity index (χ1) is 14.3. The van der Waals surface area contributed by atoms with E-state index >= 15 is 0 Å². The van der Waals surface area contributed by atoms with Crippen LogP contribution < -0.4 is 4.90 Å². The van der Waals surface area contributed by atoms with Crippen LogP contribution in [-0.2, 0) is 11.3 Å². The standard InChI is InChI=1S/C21H23FN4OS2/c22-18-6-8-19(9-7-18)28-14-15-29-21-24-23-20(25-10-12-27-13-11-25)26(21)16-17-4-2-1-3-5-17/h1-9H,10-16H2. The Bertz CT molecular complexity index is 899. The summed E-state index contributed by atoms with van der Waals surface area (Å²) in [7, 11) is 0. The molecule has 0 amide bonds. The molecule has 29 heavy (non-hydrogen) atoms. The zero-order valence-electron chi connectivity index (χ0n) is 16.0. The molecule has 0 aliphatic carbocycles. The van der Waals surface area contributed by atoms with Gasteiger partial charge < -0.3 is 9.64 Å². The summed E-state index contributed by atoms with van der Waals surface area (Å²) in [4.78, 5) is 3.32. The Hall–Kier alpha value is -2.03. The Morgan fingerprint density at radius 2 is 1.62 bits per heavy atom. The Kier molecular flexibility index (Phi) is 7.08. The molecule has 1 saturated heterocycles. The number of thioether (sulfide) groups is 2. The molecule has 2 aromatic carbocycles. The molecule has 1 aliphatic heterocycles. The lowest BCUT2D eigenvalue weighted by Crippen LogP contribution is -2.38. The predicted molar refractivity (Wildman–Crippen MR) is 116 cm³/mol. The topological polar surface area (TPSA) is 43.2 Å². The third kappa shape index (κ3) is 5.52. The summed E-state index contributed by atoms with van der Waals surface area (Å²) in [6.45, 7) is 3.84. The van der Waals surface area contributed by atoms with Crippen LogP contribution in [0.4, 0.5) is 10.3 Å². The molecule has 5 nitrogen and oxygen atoms in total. The van der Waals surface area contributed by atoms with Gasteiger partial charge in [0.15, 0.2) is 5.16 Å². The van der Waals surface area contributed by atoms with Gasteiger partial charge in [-0.15, -0.1) is 22.0 Å². The highest BCUT2D eigenvalue weighted by molar-refractivity contribution is 8.02. The third-order valence-electron chi connectivity index (χ3n) is 4.57. The molecule has 0 spiro atoms. The number of hydrogen-bond acceptors (Lipinski definition) is 6. The zero-order valence-corrected chi connectivity index (χ0v) is 17.7. The van der Waals surface area contributed by atoms with E-state index < -0.39 is 0 Å². The summed E-state index contributed by atoms with van der Waals surface area (Å²) in [6.07, 6.45) is 0. The highest BCUT2D eigenvalue weighted by atomic mass is 32.2. The van der Waals surface area contributed by atoms with E-state index in [1.54, 1.807) is 23.5 Å². The molecule has 2 heterocycles. The fourth-order valence-electron chi connectivity index (χ4n) is 3.11. The molecule has 0 radical (unpaired) electrons. The van der Waals surface area contributed by atoms with E-state index in [1.807, 2.05) is 18.2 Å². The fourth-order valence-corrected chi connectivity index (χ4v) is 4.93. The minimum absolute atomic E-state index is 0.201. The number of morpholine rings is 1. The van der Waals surface area contributed by atoms with Crippen molar-refractivity contribution in [1.82, 2.24) is 14.8 Å². The van der Waals surface area contributed by atoms with Gasteiger partial charge in [0.05, 0.1) is 19.8 Å². The third-order valence-corrected chi connectivity index (χ3v) is 6.81. The van der Waals surface area contributed by atoms with Crippen molar-refractivity contribution in [2.45, 2.75) is 16.6 Å². The molecule has 3 aromatic rings. The van der Waals surface area contributed by atoms with Gasteiger partial charge >= 0.3 is 0 Å². The number of nitrogens with zero attached hydrogens (tertiary/aromatic N) is 4. The van der Waals surface area contributed by atoms with Gasteiger partial charge in [-0.3, -0.25) is 4.57 Å². The van der Waals surface area contributed by atoms with Crippen LogP contribution in [0.2, 0.25) is 0 Å². The van der Waals surface area contributed by atoms with Crippen LogP contribution in [0.25, 0.3) is 0 Å². The molecular formula is C21H23FN4OS2. The van der Waals surface area contributed by atoms with Crippen molar-refractivity contribution in [2.24, 2.45) is 0 Å². The molecular weight excluding hydrogens is 407 g/mol. The van der Waals surface area contributed by atoms with Crippen LogP contribution in [0.15, 0.2) is 64.6 Å². The number of halogens is 1. The maximum absolute atomic E-state index is 13.0. The summed E-state index contributed by atoms with van der Waals surface area (Å²) >= 11 is 3.43. The average Bonchev–Trinajstić information content (AvgIpc) is 3.16. The number of aromatic nitrogens is 3. The highest BCUT2D eigenvalue weighted by Gasteiger charge is 2.20. The smallest absolute Gasteiger partial charge is 0.228 e. The van der Waals surface area contributed by atoms with E-state index in [4.69, 9.17) is 4.74 Å². The largest absolute Gasteiger partial charge is 0.378 e. The van der Waals surface area contributed by atoms with Crippen molar-refractivity contribution >= 4 is 29.5 Å². The highest BCUT2D eigenvalue weighted by Crippen LogP contribution is 2.26. The van der Waals surface area contributed by atoms with E-state index in [2.05, 4.69) is 43.9 Å². The first-order valence-corrected chi connectivity index (χ1v) is 11.6. The summed E-state index contributed by atoms with van der Waals surface area (Å²) in [6, 6.07) is 17.0. The molecule has 1 aliphatic rings. The normalized spacial score (nSPS) is 14.3. The predicted octanol–water partition coefficient (Wildman–Crippen LogP) is 4.19. The SMILES string of the molecule is Fc1ccc(SCCSc2nnc(N3CCOCC3)n2Cc2ccccc2)cc1. The minimum Gasteiger partial charge on any atom is -0.378 e. The van der Waals surface area contributed by atoms with Crippen LogP contribution in [0.1, 0.15) is 5.56 Å². The van der Waals surface area contributed by atoms with Gasteiger partial charge in [0.2, 0.25) is 5.95 Å². The van der Waals surface area contributed by atoms with Crippen LogP contribution in [0, 0.1) is 5.82 Å². The summed E-state index contributed by atoms with van der Waals surface area (Å²) in [5.74, 6) is 2.53. The Morgan fingerprint density at radius 3 is 2.38 bits per heavy atom. The second-order valence-electron chi connectivity index (χ2n) is 6.60. The summed E-state index contributed by atoms with van der Waals surface area (Å²) in [5.41, 5.74) is 1.23. The number of rotatable bonds is 8. The first kappa shape index (κ1) is 20.3. The number of hydrogen-bond donors (Lipinski definition) is 0. The van der Waals surface area contributed by atoms with Crippen molar-refractivity contribution in [1.29, 1.82) is 0 Å². The molecule has 1 fully saturated rings. The van der Waals surface area contributed by atoms with Crippen LogP contribution in [0.5, 0.6) is 0 Å². The second-order valence-corrected chi connectivity index (χ2v) is 8.83. The lowest BCUT2D eigenvalue weighted by molar-refractivity contribution is 0.121. The molecule has 1 aromatic heterocycles. The zero-order chi connectivity index (χ0) is 19.9. The lowest BCUT2D eigenvalue weighted by Gasteiger charge is -2.28. The monoisotopic (exact) mass is 430 g/mol. The lowest BCUT2D eigenvalue weighted by atomic mass is 10.2. The summed E-state index contributed by atoms with van der Waals surface area (Å²) < 4.78 is 20.7. The maximum Gasteiger partial charge on any atom is 0.228 e. The van der Waals surface area contributed by atoms with Gasteiger partial charge in [-0.1, -0.05) is 42.1 Å². The van der Waals surface area contributed by atoms with Crippen molar-refractivity contribution < 1.29 is 9.13 Å².